The van der Waals surface area contributed by atoms with E-state index in [4.69, 9.17) is 0 Å². The van der Waals surface area contributed by atoms with Gasteiger partial charge in [-0.15, -0.1) is 0 Å². The Kier molecular flexibility index (Phi) is 4.15. The zero-order chi connectivity index (χ0) is 11.8. The summed E-state index contributed by atoms with van der Waals surface area (Å²) >= 11 is 0. The summed E-state index contributed by atoms with van der Waals surface area (Å²) in [6.45, 7) is 3.80. The van der Waals surface area contributed by atoms with Gasteiger partial charge >= 0.3 is 0 Å². The summed E-state index contributed by atoms with van der Waals surface area (Å²) in [6.07, 6.45) is 0.947. The Labute approximate surface area is 114 Å². The number of halogens is 1. The second kappa shape index (κ2) is 4.91. The maximum atomic E-state index is 12.3. The number of ketones is 1. The molecular formula is C14H20BrNO. The third kappa shape index (κ3) is 2.78. The molecule has 2 rings (SSSR count). The van der Waals surface area contributed by atoms with Gasteiger partial charge in [-0.05, 0) is 12.5 Å². The van der Waals surface area contributed by atoms with Crippen LogP contribution in [0.1, 0.15) is 18.9 Å². The highest BCUT2D eigenvalue weighted by Gasteiger charge is 2.43. The molecule has 0 amide bonds. The number of likely N-dealkylation sites (tertiary alicyclic amines) is 1. The number of Topliss-reactive ketones (excluding diaryl/α,β-unsaturated/α-hetero) is 1. The largest absolute Gasteiger partial charge is 1.00 e. The second-order valence-electron chi connectivity index (χ2n) is 5.69. The summed E-state index contributed by atoms with van der Waals surface area (Å²) in [6, 6.07) is 10.2. The molecule has 1 saturated heterocycles. The minimum Gasteiger partial charge on any atom is -1.00 e. The summed E-state index contributed by atoms with van der Waals surface area (Å²) in [5.41, 5.74) is 0.898. The van der Waals surface area contributed by atoms with Gasteiger partial charge in [0.15, 0.2) is 5.78 Å². The number of hydrogen-bond donors (Lipinski definition) is 0. The van der Waals surface area contributed by atoms with Crippen LogP contribution in [-0.4, -0.2) is 37.5 Å². The van der Waals surface area contributed by atoms with E-state index >= 15 is 0 Å². The average molecular weight is 298 g/mol. The minimum atomic E-state index is -0.269. The molecule has 0 spiro atoms. The lowest BCUT2D eigenvalue weighted by Crippen LogP contribution is -3.00. The van der Waals surface area contributed by atoms with E-state index in [1.807, 2.05) is 18.2 Å². The predicted molar refractivity (Wildman–Crippen MR) is 65.3 cm³/mol. The van der Waals surface area contributed by atoms with Crippen LogP contribution in [0.4, 0.5) is 0 Å². The van der Waals surface area contributed by atoms with Crippen LogP contribution in [-0.2, 0) is 10.2 Å². The third-order valence-electron chi connectivity index (χ3n) is 3.82. The van der Waals surface area contributed by atoms with Crippen molar-refractivity contribution in [2.45, 2.75) is 18.8 Å². The lowest BCUT2D eigenvalue weighted by Gasteiger charge is -2.41. The van der Waals surface area contributed by atoms with Gasteiger partial charge in [-0.2, -0.15) is 0 Å². The first kappa shape index (κ1) is 14.4. The molecule has 3 heteroatoms. The molecule has 1 atom stereocenters. The van der Waals surface area contributed by atoms with Crippen molar-refractivity contribution >= 4 is 5.78 Å². The SMILES string of the molecule is CC1(c2ccccc2)CC[N+](C)(C)CC1=O.[Br-]. The van der Waals surface area contributed by atoms with Crippen molar-refractivity contribution in [2.75, 3.05) is 27.2 Å². The highest BCUT2D eigenvalue weighted by atomic mass is 79.9. The van der Waals surface area contributed by atoms with E-state index in [1.54, 1.807) is 0 Å². The number of quaternary nitrogens is 1. The number of hydrogen-bond acceptors (Lipinski definition) is 1. The standard InChI is InChI=1S/C14H20NO.BrH/c1-14(12-7-5-4-6-8-12)9-10-15(2,3)11-13(14)16;/h4-8H,9-11H2,1-3H3;1H/q+1;/p-1. The summed E-state index contributed by atoms with van der Waals surface area (Å²) < 4.78 is 0.821. The molecule has 0 saturated carbocycles. The number of likely N-dealkylation sites (N-methyl/N-ethyl adjacent to an activating group) is 1. The van der Waals surface area contributed by atoms with Gasteiger partial charge in [0.25, 0.3) is 0 Å². The van der Waals surface area contributed by atoms with Crippen LogP contribution < -0.4 is 17.0 Å². The smallest absolute Gasteiger partial charge is 0.197 e. The molecule has 0 aliphatic carbocycles. The van der Waals surface area contributed by atoms with Gasteiger partial charge in [0, 0.05) is 6.42 Å². The van der Waals surface area contributed by atoms with Gasteiger partial charge in [0.2, 0.25) is 0 Å². The van der Waals surface area contributed by atoms with Crippen LogP contribution in [0.25, 0.3) is 0 Å². The Hall–Kier alpha value is -0.670. The second-order valence-corrected chi connectivity index (χ2v) is 5.69. The fourth-order valence-electron chi connectivity index (χ4n) is 2.42. The molecule has 1 fully saturated rings. The quantitative estimate of drug-likeness (QED) is 0.608. The lowest BCUT2D eigenvalue weighted by molar-refractivity contribution is -0.886. The van der Waals surface area contributed by atoms with Crippen molar-refractivity contribution in [3.63, 3.8) is 0 Å². The molecule has 0 N–H and O–H groups in total. The van der Waals surface area contributed by atoms with Crippen LogP contribution in [0.15, 0.2) is 30.3 Å². The first-order valence-corrected chi connectivity index (χ1v) is 5.85. The zero-order valence-corrected chi connectivity index (χ0v) is 12.3. The molecule has 17 heavy (non-hydrogen) atoms. The van der Waals surface area contributed by atoms with Crippen molar-refractivity contribution in [3.8, 4) is 0 Å². The normalized spacial score (nSPS) is 27.4. The summed E-state index contributed by atoms with van der Waals surface area (Å²) in [5, 5.41) is 0. The topological polar surface area (TPSA) is 17.1 Å². The van der Waals surface area contributed by atoms with Crippen LogP contribution in [0, 0.1) is 0 Å². The van der Waals surface area contributed by atoms with Crippen molar-refractivity contribution in [1.82, 2.24) is 0 Å². The van der Waals surface area contributed by atoms with Gasteiger partial charge in [-0.25, -0.2) is 0 Å². The van der Waals surface area contributed by atoms with E-state index in [9.17, 15) is 4.79 Å². The maximum Gasteiger partial charge on any atom is 0.197 e. The van der Waals surface area contributed by atoms with Gasteiger partial charge in [-0.3, -0.25) is 4.79 Å². The average Bonchev–Trinajstić information content (AvgIpc) is 2.25. The molecule has 1 aliphatic heterocycles. The molecule has 1 aliphatic rings. The van der Waals surface area contributed by atoms with Crippen LogP contribution in [0.2, 0.25) is 0 Å². The van der Waals surface area contributed by atoms with E-state index in [-0.39, 0.29) is 22.4 Å². The van der Waals surface area contributed by atoms with Crippen molar-refractivity contribution in [1.29, 1.82) is 0 Å². The monoisotopic (exact) mass is 297 g/mol. The highest BCUT2D eigenvalue weighted by Crippen LogP contribution is 2.33. The number of benzene rings is 1. The first-order chi connectivity index (χ1) is 7.44. The molecule has 1 aromatic carbocycles. The van der Waals surface area contributed by atoms with Crippen LogP contribution >= 0.6 is 0 Å². The molecule has 1 heterocycles. The number of rotatable bonds is 1. The van der Waals surface area contributed by atoms with Crippen LogP contribution in [0.3, 0.4) is 0 Å². The first-order valence-electron chi connectivity index (χ1n) is 5.85. The van der Waals surface area contributed by atoms with Crippen LogP contribution in [0.5, 0.6) is 0 Å². The Balaban J connectivity index is 0.00000144. The fourth-order valence-corrected chi connectivity index (χ4v) is 2.42. The number of piperidine rings is 1. The Morgan fingerprint density at radius 2 is 1.76 bits per heavy atom. The Morgan fingerprint density at radius 3 is 2.29 bits per heavy atom. The van der Waals surface area contributed by atoms with Crippen molar-refractivity contribution in [3.05, 3.63) is 35.9 Å². The molecule has 94 valence electrons. The minimum absolute atomic E-state index is 0. The van der Waals surface area contributed by atoms with E-state index < -0.39 is 0 Å². The van der Waals surface area contributed by atoms with Gasteiger partial charge in [-0.1, -0.05) is 30.3 Å². The fraction of sp³-hybridized carbons (Fsp3) is 0.500. The van der Waals surface area contributed by atoms with Gasteiger partial charge in [0.05, 0.1) is 26.1 Å². The third-order valence-corrected chi connectivity index (χ3v) is 3.82. The Morgan fingerprint density at radius 1 is 1.18 bits per heavy atom. The summed E-state index contributed by atoms with van der Waals surface area (Å²) in [4.78, 5) is 12.3. The maximum absolute atomic E-state index is 12.3. The van der Waals surface area contributed by atoms with E-state index in [0.717, 1.165) is 17.4 Å². The van der Waals surface area contributed by atoms with Gasteiger partial charge in [0.1, 0.15) is 6.54 Å². The van der Waals surface area contributed by atoms with E-state index in [0.29, 0.717) is 12.3 Å². The molecule has 0 radical (unpaired) electrons. The van der Waals surface area contributed by atoms with E-state index in [2.05, 4.69) is 33.2 Å². The molecule has 1 aromatic rings. The highest BCUT2D eigenvalue weighted by molar-refractivity contribution is 5.91. The number of carbonyl (C=O) groups excluding carboxylic acids is 1. The predicted octanol–water partition coefficient (Wildman–Crippen LogP) is -1.00. The summed E-state index contributed by atoms with van der Waals surface area (Å²) in [5.74, 6) is 0.370. The molecule has 0 bridgehead atoms. The van der Waals surface area contributed by atoms with Crippen molar-refractivity contribution < 1.29 is 26.3 Å². The molecule has 0 aromatic heterocycles. The number of nitrogens with zero attached hydrogens (tertiary/aromatic N) is 1. The van der Waals surface area contributed by atoms with Gasteiger partial charge < -0.3 is 21.5 Å². The zero-order valence-electron chi connectivity index (χ0n) is 10.7. The molecule has 1 unspecified atom stereocenters. The summed E-state index contributed by atoms with van der Waals surface area (Å²) in [7, 11) is 4.25. The van der Waals surface area contributed by atoms with E-state index in [1.165, 1.54) is 5.56 Å². The molecule has 2 nitrogen and oxygen atoms in total. The number of carbonyl (C=O) groups is 1. The molecular weight excluding hydrogens is 278 g/mol. The van der Waals surface area contributed by atoms with Crippen molar-refractivity contribution in [2.24, 2.45) is 0 Å². The Bertz CT molecular complexity index is 402. The lowest BCUT2D eigenvalue weighted by atomic mass is 9.73.